The van der Waals surface area contributed by atoms with Crippen LogP contribution in [0.3, 0.4) is 0 Å². The molecule has 0 aromatic heterocycles. The third-order valence-electron chi connectivity index (χ3n) is 4.78. The van der Waals surface area contributed by atoms with E-state index in [4.69, 9.17) is 32.7 Å². The highest BCUT2D eigenvalue weighted by molar-refractivity contribution is 6.32. The number of methoxy groups -OCH3 is 1. The highest BCUT2D eigenvalue weighted by atomic mass is 35.5. The summed E-state index contributed by atoms with van der Waals surface area (Å²) < 4.78 is 10.4. The van der Waals surface area contributed by atoms with Crippen LogP contribution in [0.5, 0.6) is 5.75 Å². The standard InChI is InChI=1S/C21H20Cl2N2O5/c1-12-15(23)4-3-5-16(12)24-19(26)11-30-21(28)13-8-20(27)25(10-13)17-9-14(22)6-7-18(17)29-2/h3-7,9,13H,8,10-11H2,1-2H3,(H,24,26)/t13-/m0/s1. The number of esters is 1. The van der Waals surface area contributed by atoms with Gasteiger partial charge < -0.3 is 19.7 Å². The number of ether oxygens (including phenoxy) is 2. The molecule has 30 heavy (non-hydrogen) atoms. The molecule has 1 atom stereocenters. The summed E-state index contributed by atoms with van der Waals surface area (Å²) >= 11 is 12.1. The molecule has 2 aromatic carbocycles. The van der Waals surface area contributed by atoms with Gasteiger partial charge in [-0.1, -0.05) is 29.3 Å². The first-order valence-corrected chi connectivity index (χ1v) is 9.91. The second-order valence-corrected chi connectivity index (χ2v) is 7.63. The van der Waals surface area contributed by atoms with Crippen molar-refractivity contribution in [2.75, 3.05) is 30.5 Å². The van der Waals surface area contributed by atoms with Crippen LogP contribution >= 0.6 is 23.2 Å². The normalized spacial score (nSPS) is 15.8. The molecule has 3 rings (SSSR count). The summed E-state index contributed by atoms with van der Waals surface area (Å²) in [7, 11) is 1.49. The van der Waals surface area contributed by atoms with Gasteiger partial charge in [0.1, 0.15) is 5.75 Å². The summed E-state index contributed by atoms with van der Waals surface area (Å²) in [6, 6.07) is 10.0. The van der Waals surface area contributed by atoms with Gasteiger partial charge in [-0.25, -0.2) is 0 Å². The average Bonchev–Trinajstić information content (AvgIpc) is 3.11. The van der Waals surface area contributed by atoms with Crippen molar-refractivity contribution in [1.82, 2.24) is 0 Å². The molecule has 7 nitrogen and oxygen atoms in total. The van der Waals surface area contributed by atoms with Crippen LogP contribution in [-0.2, 0) is 19.1 Å². The Kier molecular flexibility index (Phi) is 6.84. The summed E-state index contributed by atoms with van der Waals surface area (Å²) in [5, 5.41) is 3.61. The molecule has 1 heterocycles. The molecule has 0 aliphatic carbocycles. The lowest BCUT2D eigenvalue weighted by Gasteiger charge is -2.19. The van der Waals surface area contributed by atoms with E-state index in [0.717, 1.165) is 0 Å². The second kappa shape index (κ2) is 9.36. The van der Waals surface area contributed by atoms with Crippen LogP contribution in [0.1, 0.15) is 12.0 Å². The monoisotopic (exact) mass is 450 g/mol. The van der Waals surface area contributed by atoms with Crippen molar-refractivity contribution >= 4 is 52.4 Å². The minimum absolute atomic E-state index is 0.0243. The number of hydrogen-bond donors (Lipinski definition) is 1. The third-order valence-corrected chi connectivity index (χ3v) is 5.42. The van der Waals surface area contributed by atoms with E-state index in [0.29, 0.717) is 32.7 Å². The number of hydrogen-bond acceptors (Lipinski definition) is 5. The highest BCUT2D eigenvalue weighted by Crippen LogP contribution is 2.35. The van der Waals surface area contributed by atoms with Gasteiger partial charge in [-0.2, -0.15) is 0 Å². The SMILES string of the molecule is COc1ccc(Cl)cc1N1C[C@@H](C(=O)OCC(=O)Nc2cccc(Cl)c2C)CC1=O. The topological polar surface area (TPSA) is 84.9 Å². The van der Waals surface area contributed by atoms with E-state index in [1.807, 2.05) is 0 Å². The van der Waals surface area contributed by atoms with Gasteiger partial charge in [0, 0.05) is 28.7 Å². The number of carbonyl (C=O) groups excluding carboxylic acids is 3. The van der Waals surface area contributed by atoms with Gasteiger partial charge in [-0.15, -0.1) is 0 Å². The molecule has 2 amide bonds. The lowest BCUT2D eigenvalue weighted by atomic mass is 10.1. The Morgan fingerprint density at radius 3 is 2.73 bits per heavy atom. The van der Waals surface area contributed by atoms with Crippen LogP contribution in [-0.4, -0.2) is 38.0 Å². The number of anilines is 2. The van der Waals surface area contributed by atoms with Crippen LogP contribution < -0.4 is 15.0 Å². The maximum absolute atomic E-state index is 12.4. The van der Waals surface area contributed by atoms with Crippen molar-refractivity contribution in [3.8, 4) is 5.75 Å². The van der Waals surface area contributed by atoms with Crippen LogP contribution in [0.15, 0.2) is 36.4 Å². The predicted octanol–water partition coefficient (Wildman–Crippen LogP) is 3.85. The zero-order chi connectivity index (χ0) is 21.8. The maximum atomic E-state index is 12.4. The summed E-state index contributed by atoms with van der Waals surface area (Å²) in [5.74, 6) is -1.59. The van der Waals surface area contributed by atoms with Gasteiger partial charge in [-0.05, 0) is 42.8 Å². The number of halogens is 2. The summed E-state index contributed by atoms with van der Waals surface area (Å²) in [5.41, 5.74) is 1.74. The van der Waals surface area contributed by atoms with Crippen LogP contribution in [0.4, 0.5) is 11.4 Å². The maximum Gasteiger partial charge on any atom is 0.311 e. The molecule has 0 unspecified atom stereocenters. The van der Waals surface area contributed by atoms with Crippen LogP contribution in [0, 0.1) is 12.8 Å². The molecule has 1 saturated heterocycles. The smallest absolute Gasteiger partial charge is 0.311 e. The average molecular weight is 451 g/mol. The highest BCUT2D eigenvalue weighted by Gasteiger charge is 2.37. The van der Waals surface area contributed by atoms with Gasteiger partial charge in [-0.3, -0.25) is 14.4 Å². The molecule has 1 N–H and O–H groups in total. The van der Waals surface area contributed by atoms with Crippen molar-refractivity contribution in [3.63, 3.8) is 0 Å². The number of carbonyl (C=O) groups is 3. The number of rotatable bonds is 6. The fourth-order valence-corrected chi connectivity index (χ4v) is 3.50. The van der Waals surface area contributed by atoms with E-state index >= 15 is 0 Å². The molecule has 0 radical (unpaired) electrons. The Balaban J connectivity index is 1.59. The van der Waals surface area contributed by atoms with E-state index in [9.17, 15) is 14.4 Å². The number of nitrogens with one attached hydrogen (secondary N) is 1. The minimum atomic E-state index is -0.693. The van der Waals surface area contributed by atoms with Gasteiger partial charge >= 0.3 is 5.97 Å². The summed E-state index contributed by atoms with van der Waals surface area (Å²) in [6.07, 6.45) is -0.0243. The van der Waals surface area contributed by atoms with Crippen molar-refractivity contribution in [2.45, 2.75) is 13.3 Å². The lowest BCUT2D eigenvalue weighted by Crippen LogP contribution is -2.28. The predicted molar refractivity (Wildman–Crippen MR) is 114 cm³/mol. The lowest BCUT2D eigenvalue weighted by molar-refractivity contribution is -0.151. The number of benzene rings is 2. The third kappa shape index (κ3) is 4.86. The molecule has 1 aliphatic heterocycles. The fourth-order valence-electron chi connectivity index (χ4n) is 3.16. The molecular formula is C21H20Cl2N2O5. The zero-order valence-corrected chi connectivity index (χ0v) is 17.9. The molecule has 0 bridgehead atoms. The van der Waals surface area contributed by atoms with Crippen molar-refractivity contribution < 1.29 is 23.9 Å². The fraction of sp³-hybridized carbons (Fsp3) is 0.286. The first-order chi connectivity index (χ1) is 14.3. The molecule has 0 spiro atoms. The molecule has 0 saturated carbocycles. The second-order valence-electron chi connectivity index (χ2n) is 6.79. The van der Waals surface area contributed by atoms with Crippen molar-refractivity contribution in [2.24, 2.45) is 5.92 Å². The molecule has 1 fully saturated rings. The molecule has 158 valence electrons. The quantitative estimate of drug-likeness (QED) is 0.675. The first-order valence-electron chi connectivity index (χ1n) is 9.15. The van der Waals surface area contributed by atoms with E-state index in [1.165, 1.54) is 12.0 Å². The Hall–Kier alpha value is -2.77. The van der Waals surface area contributed by atoms with Gasteiger partial charge in [0.15, 0.2) is 6.61 Å². The molecular weight excluding hydrogens is 431 g/mol. The molecule has 9 heteroatoms. The first kappa shape index (κ1) is 21.9. The van der Waals surface area contributed by atoms with E-state index in [1.54, 1.807) is 43.3 Å². The van der Waals surface area contributed by atoms with E-state index < -0.39 is 24.4 Å². The largest absolute Gasteiger partial charge is 0.495 e. The summed E-state index contributed by atoms with van der Waals surface area (Å²) in [4.78, 5) is 38.4. The minimum Gasteiger partial charge on any atom is -0.495 e. The van der Waals surface area contributed by atoms with Crippen LogP contribution in [0.25, 0.3) is 0 Å². The van der Waals surface area contributed by atoms with E-state index in [2.05, 4.69) is 5.32 Å². The van der Waals surface area contributed by atoms with Crippen molar-refractivity contribution in [1.29, 1.82) is 0 Å². The Morgan fingerprint density at radius 2 is 2.00 bits per heavy atom. The van der Waals surface area contributed by atoms with Crippen molar-refractivity contribution in [3.05, 3.63) is 52.0 Å². The Bertz CT molecular complexity index is 995. The van der Waals surface area contributed by atoms with Gasteiger partial charge in [0.05, 0.1) is 18.7 Å². The molecule has 2 aromatic rings. The van der Waals surface area contributed by atoms with Gasteiger partial charge in [0.2, 0.25) is 5.91 Å². The number of amides is 2. The van der Waals surface area contributed by atoms with Gasteiger partial charge in [0.25, 0.3) is 5.91 Å². The molecule has 1 aliphatic rings. The Labute approximate surface area is 183 Å². The van der Waals surface area contributed by atoms with E-state index in [-0.39, 0.29) is 18.9 Å². The zero-order valence-electron chi connectivity index (χ0n) is 16.4. The Morgan fingerprint density at radius 1 is 1.23 bits per heavy atom. The van der Waals surface area contributed by atoms with Crippen LogP contribution in [0.2, 0.25) is 10.0 Å². The number of nitrogens with zero attached hydrogens (tertiary/aromatic N) is 1. The summed E-state index contributed by atoms with van der Waals surface area (Å²) in [6.45, 7) is 1.42.